The molecule has 1 aliphatic heterocycles. The van der Waals surface area contributed by atoms with Crippen molar-refractivity contribution in [1.29, 1.82) is 0 Å². The van der Waals surface area contributed by atoms with Crippen LogP contribution in [0.15, 0.2) is 53.4 Å². The summed E-state index contributed by atoms with van der Waals surface area (Å²) in [6, 6.07) is 13.2. The van der Waals surface area contributed by atoms with Crippen molar-refractivity contribution in [3.8, 4) is 5.75 Å². The number of hydrogen-bond donors (Lipinski definition) is 2. The molecule has 2 amide bonds. The van der Waals surface area contributed by atoms with E-state index in [9.17, 15) is 18.4 Å². The summed E-state index contributed by atoms with van der Waals surface area (Å²) >= 11 is 1.29. The monoisotopic (exact) mass is 364 g/mol. The van der Waals surface area contributed by atoms with E-state index in [1.54, 1.807) is 12.1 Å². The van der Waals surface area contributed by atoms with Gasteiger partial charge in [-0.2, -0.15) is 8.78 Å². The third-order valence-electron chi connectivity index (χ3n) is 3.45. The Labute approximate surface area is 146 Å². The number of carbonyl (C=O) groups excluding carboxylic acids is 2. The molecule has 0 spiro atoms. The third kappa shape index (κ3) is 4.27. The van der Waals surface area contributed by atoms with Gasteiger partial charge in [0.2, 0.25) is 11.8 Å². The molecule has 1 aliphatic rings. The Morgan fingerprint density at radius 3 is 2.72 bits per heavy atom. The number of halogens is 2. The summed E-state index contributed by atoms with van der Waals surface area (Å²) in [5.74, 6) is -0.856. The largest absolute Gasteiger partial charge is 0.433 e. The maximum Gasteiger partial charge on any atom is 0.387 e. The summed E-state index contributed by atoms with van der Waals surface area (Å²) in [5, 5.41) is 4.67. The van der Waals surface area contributed by atoms with Crippen LogP contribution in [0.25, 0.3) is 0 Å². The molecule has 8 heteroatoms. The number of nitrogens with one attached hydrogen (secondary N) is 2. The Kier molecular flexibility index (Phi) is 5.18. The van der Waals surface area contributed by atoms with Crippen LogP contribution in [0.4, 0.5) is 20.2 Å². The molecular weight excluding hydrogens is 350 g/mol. The summed E-state index contributed by atoms with van der Waals surface area (Å²) < 4.78 is 29.2. The van der Waals surface area contributed by atoms with Crippen LogP contribution in [0.5, 0.6) is 5.75 Å². The van der Waals surface area contributed by atoms with Gasteiger partial charge in [0, 0.05) is 11.3 Å². The average Bonchev–Trinajstić information content (AvgIpc) is 2.57. The van der Waals surface area contributed by atoms with E-state index in [2.05, 4.69) is 15.4 Å². The van der Waals surface area contributed by atoms with Crippen molar-refractivity contribution in [1.82, 2.24) is 0 Å². The number of hydrogen-bond acceptors (Lipinski definition) is 4. The highest BCUT2D eigenvalue weighted by atomic mass is 32.2. The van der Waals surface area contributed by atoms with Gasteiger partial charge in [-0.15, -0.1) is 11.8 Å². The SMILES string of the molecule is O=C(C[C@H]1Sc2ccccc2NC1=O)Nc1ccccc1OC(F)F. The van der Waals surface area contributed by atoms with Crippen molar-refractivity contribution in [3.63, 3.8) is 0 Å². The van der Waals surface area contributed by atoms with Crippen LogP contribution in [0.1, 0.15) is 6.42 Å². The number of amides is 2. The first kappa shape index (κ1) is 17.2. The number of fused-ring (bicyclic) bond motifs is 1. The molecule has 2 N–H and O–H groups in total. The quantitative estimate of drug-likeness (QED) is 0.848. The number of rotatable bonds is 5. The molecular formula is C17H14F2N2O3S. The van der Waals surface area contributed by atoms with Gasteiger partial charge >= 0.3 is 6.61 Å². The molecule has 0 aromatic heterocycles. The van der Waals surface area contributed by atoms with E-state index in [-0.39, 0.29) is 23.8 Å². The predicted octanol–water partition coefficient (Wildman–Crippen LogP) is 3.73. The lowest BCUT2D eigenvalue weighted by Crippen LogP contribution is -2.32. The minimum atomic E-state index is -2.99. The zero-order valence-electron chi connectivity index (χ0n) is 12.9. The Balaban J connectivity index is 1.67. The van der Waals surface area contributed by atoms with Gasteiger partial charge < -0.3 is 15.4 Å². The number of para-hydroxylation sites is 3. The number of ether oxygens (including phenoxy) is 1. The maximum absolute atomic E-state index is 12.4. The molecule has 1 atom stereocenters. The first-order valence-electron chi connectivity index (χ1n) is 7.43. The van der Waals surface area contributed by atoms with Gasteiger partial charge in [0.15, 0.2) is 0 Å². The van der Waals surface area contributed by atoms with Crippen LogP contribution in [-0.4, -0.2) is 23.7 Å². The summed E-state index contributed by atoms with van der Waals surface area (Å²) in [4.78, 5) is 25.2. The molecule has 0 radical (unpaired) electrons. The molecule has 2 aromatic rings. The second-order valence-electron chi connectivity index (χ2n) is 5.22. The van der Waals surface area contributed by atoms with Crippen LogP contribution < -0.4 is 15.4 Å². The topological polar surface area (TPSA) is 67.4 Å². The van der Waals surface area contributed by atoms with Gasteiger partial charge in [0.25, 0.3) is 0 Å². The number of anilines is 2. The smallest absolute Gasteiger partial charge is 0.387 e. The Morgan fingerprint density at radius 1 is 1.20 bits per heavy atom. The highest BCUT2D eigenvalue weighted by Gasteiger charge is 2.29. The summed E-state index contributed by atoms with van der Waals surface area (Å²) in [7, 11) is 0. The molecule has 0 unspecified atom stereocenters. The van der Waals surface area contributed by atoms with Crippen molar-refractivity contribution in [2.45, 2.75) is 23.2 Å². The highest BCUT2D eigenvalue weighted by Crippen LogP contribution is 2.37. The van der Waals surface area contributed by atoms with E-state index in [1.165, 1.54) is 30.0 Å². The molecule has 0 bridgehead atoms. The van der Waals surface area contributed by atoms with Gasteiger partial charge in [-0.3, -0.25) is 9.59 Å². The average molecular weight is 364 g/mol. The molecule has 5 nitrogen and oxygen atoms in total. The maximum atomic E-state index is 12.4. The fraction of sp³-hybridized carbons (Fsp3) is 0.176. The first-order valence-corrected chi connectivity index (χ1v) is 8.31. The van der Waals surface area contributed by atoms with Crippen LogP contribution in [0.3, 0.4) is 0 Å². The first-order chi connectivity index (χ1) is 12.0. The van der Waals surface area contributed by atoms with Gasteiger partial charge in [0.05, 0.1) is 16.6 Å². The van der Waals surface area contributed by atoms with Crippen LogP contribution in [0, 0.1) is 0 Å². The van der Waals surface area contributed by atoms with Gasteiger partial charge in [-0.25, -0.2) is 0 Å². The van der Waals surface area contributed by atoms with Crippen LogP contribution >= 0.6 is 11.8 Å². The van der Waals surface area contributed by atoms with Crippen LogP contribution in [-0.2, 0) is 9.59 Å². The number of carbonyl (C=O) groups is 2. The molecule has 130 valence electrons. The summed E-state index contributed by atoms with van der Waals surface area (Å²) in [6.45, 7) is -2.99. The number of thioether (sulfide) groups is 1. The fourth-order valence-electron chi connectivity index (χ4n) is 2.37. The lowest BCUT2D eigenvalue weighted by atomic mass is 10.2. The highest BCUT2D eigenvalue weighted by molar-refractivity contribution is 8.01. The minimum absolute atomic E-state index is 0.0894. The van der Waals surface area contributed by atoms with E-state index in [4.69, 9.17) is 0 Å². The normalized spacial score (nSPS) is 16.1. The molecule has 2 aromatic carbocycles. The van der Waals surface area contributed by atoms with Gasteiger partial charge in [-0.1, -0.05) is 24.3 Å². The lowest BCUT2D eigenvalue weighted by molar-refractivity contribution is -0.120. The van der Waals surface area contributed by atoms with E-state index in [1.807, 2.05) is 18.2 Å². The summed E-state index contributed by atoms with van der Waals surface area (Å²) in [6.07, 6.45) is -0.0894. The molecule has 0 saturated heterocycles. The van der Waals surface area contributed by atoms with Crippen molar-refractivity contribution in [2.75, 3.05) is 10.6 Å². The third-order valence-corrected chi connectivity index (χ3v) is 4.73. The standard InChI is InChI=1S/C17H14F2N2O3S/c18-17(19)24-12-7-3-1-5-10(12)20-15(22)9-14-16(23)21-11-6-2-4-8-13(11)25-14/h1-8,14,17H,9H2,(H,20,22)(H,21,23)/t14-/m1/s1. The van der Waals surface area contributed by atoms with E-state index < -0.39 is 17.8 Å². The van der Waals surface area contributed by atoms with Crippen LogP contribution in [0.2, 0.25) is 0 Å². The second kappa shape index (κ2) is 7.52. The van der Waals surface area contributed by atoms with Crippen molar-refractivity contribution >= 4 is 35.0 Å². The van der Waals surface area contributed by atoms with Gasteiger partial charge in [0.1, 0.15) is 5.75 Å². The van der Waals surface area contributed by atoms with Crippen molar-refractivity contribution in [2.24, 2.45) is 0 Å². The van der Waals surface area contributed by atoms with Gasteiger partial charge in [-0.05, 0) is 24.3 Å². The second-order valence-corrected chi connectivity index (χ2v) is 6.46. The Morgan fingerprint density at radius 2 is 1.92 bits per heavy atom. The minimum Gasteiger partial charge on any atom is -0.433 e. The summed E-state index contributed by atoms with van der Waals surface area (Å²) in [5.41, 5.74) is 0.847. The molecule has 0 fully saturated rings. The van der Waals surface area contributed by atoms with Crippen molar-refractivity contribution < 1.29 is 23.1 Å². The van der Waals surface area contributed by atoms with E-state index in [0.717, 1.165) is 4.90 Å². The zero-order valence-corrected chi connectivity index (χ0v) is 13.7. The number of alkyl halides is 2. The molecule has 0 aliphatic carbocycles. The fourth-order valence-corrected chi connectivity index (χ4v) is 3.48. The number of benzene rings is 2. The van der Waals surface area contributed by atoms with Crippen molar-refractivity contribution in [3.05, 3.63) is 48.5 Å². The zero-order chi connectivity index (χ0) is 17.8. The molecule has 25 heavy (non-hydrogen) atoms. The Bertz CT molecular complexity index is 801. The van der Waals surface area contributed by atoms with E-state index in [0.29, 0.717) is 5.69 Å². The molecule has 0 saturated carbocycles. The lowest BCUT2D eigenvalue weighted by Gasteiger charge is -2.23. The Hall–Kier alpha value is -2.61. The molecule has 1 heterocycles. The van der Waals surface area contributed by atoms with E-state index >= 15 is 0 Å². The molecule has 3 rings (SSSR count). The predicted molar refractivity (Wildman–Crippen MR) is 91.0 cm³/mol.